The van der Waals surface area contributed by atoms with Gasteiger partial charge >= 0.3 is 10.2 Å². The van der Waals surface area contributed by atoms with Gasteiger partial charge in [0.25, 0.3) is 0 Å². The molecule has 1 atom stereocenters. The fourth-order valence-corrected chi connectivity index (χ4v) is 3.85. The fraction of sp³-hybridized carbons (Fsp3) is 0.538. The van der Waals surface area contributed by atoms with Crippen LogP contribution in [0.5, 0.6) is 0 Å². The second-order valence-corrected chi connectivity index (χ2v) is 6.96. The van der Waals surface area contributed by atoms with Gasteiger partial charge in [-0.2, -0.15) is 12.7 Å². The maximum Gasteiger partial charge on any atom is 0.303 e. The monoisotopic (exact) mass is 302 g/mol. The molecule has 1 aliphatic rings. The number of benzene rings is 1. The number of anilines is 1. The predicted molar refractivity (Wildman–Crippen MR) is 75.1 cm³/mol. The molecule has 1 saturated heterocycles. The van der Waals surface area contributed by atoms with Gasteiger partial charge in [-0.3, -0.25) is 4.31 Å². The van der Waals surface area contributed by atoms with Crippen LogP contribution >= 0.6 is 0 Å². The highest BCUT2D eigenvalue weighted by molar-refractivity contribution is 7.90. The normalized spacial score (nSPS) is 20.9. The Labute approximate surface area is 118 Å². The lowest BCUT2D eigenvalue weighted by molar-refractivity contribution is 0.165. The van der Waals surface area contributed by atoms with Crippen molar-refractivity contribution >= 4 is 15.9 Å². The minimum atomic E-state index is -3.69. The molecule has 1 aromatic carbocycles. The van der Waals surface area contributed by atoms with E-state index in [1.54, 1.807) is 6.07 Å². The third-order valence-corrected chi connectivity index (χ3v) is 5.47. The third-order valence-electron chi connectivity index (χ3n) is 3.58. The van der Waals surface area contributed by atoms with Crippen molar-refractivity contribution in [2.24, 2.45) is 5.92 Å². The smallest absolute Gasteiger partial charge is 0.303 e. The molecule has 0 spiro atoms. The number of aliphatic hydroxyl groups excluding tert-OH is 1. The van der Waals surface area contributed by atoms with Crippen molar-refractivity contribution in [2.45, 2.75) is 12.8 Å². The summed E-state index contributed by atoms with van der Waals surface area (Å²) in [6.45, 7) is 0.715. The van der Waals surface area contributed by atoms with Crippen molar-refractivity contribution in [1.29, 1.82) is 0 Å². The molecule has 7 heteroatoms. The van der Waals surface area contributed by atoms with Crippen LogP contribution in [0.2, 0.25) is 0 Å². The highest BCUT2D eigenvalue weighted by Crippen LogP contribution is 2.24. The first-order valence-electron chi connectivity index (χ1n) is 6.55. The molecule has 0 aliphatic carbocycles. The van der Waals surface area contributed by atoms with E-state index >= 15 is 0 Å². The Hall–Kier alpha value is -1.18. The van der Waals surface area contributed by atoms with Gasteiger partial charge in [0.2, 0.25) is 0 Å². The van der Waals surface area contributed by atoms with Gasteiger partial charge in [-0.1, -0.05) is 6.07 Å². The Morgan fingerprint density at radius 1 is 1.50 bits per heavy atom. The highest BCUT2D eigenvalue weighted by Gasteiger charge is 2.31. The van der Waals surface area contributed by atoms with Crippen LogP contribution in [0.15, 0.2) is 24.3 Å². The lowest BCUT2D eigenvalue weighted by Gasteiger charge is -2.34. The molecular formula is C13H19FN2O3S. The zero-order valence-corrected chi connectivity index (χ0v) is 12.2. The first kappa shape index (κ1) is 15.2. The van der Waals surface area contributed by atoms with E-state index in [2.05, 4.69) is 0 Å². The van der Waals surface area contributed by atoms with Crippen molar-refractivity contribution in [3.8, 4) is 0 Å². The summed E-state index contributed by atoms with van der Waals surface area (Å²) in [6.07, 6.45) is 1.55. The third kappa shape index (κ3) is 3.11. The van der Waals surface area contributed by atoms with Crippen molar-refractivity contribution in [2.75, 3.05) is 31.0 Å². The van der Waals surface area contributed by atoms with Gasteiger partial charge < -0.3 is 5.11 Å². The minimum Gasteiger partial charge on any atom is -0.396 e. The van der Waals surface area contributed by atoms with Gasteiger partial charge in [0.05, 0.1) is 5.69 Å². The number of rotatable bonds is 4. The second kappa shape index (κ2) is 6.07. The predicted octanol–water partition coefficient (Wildman–Crippen LogP) is 1.21. The molecule has 0 saturated carbocycles. The van der Waals surface area contributed by atoms with E-state index in [-0.39, 0.29) is 18.2 Å². The number of piperidine rings is 1. The number of aliphatic hydroxyl groups is 1. The molecule has 1 fully saturated rings. The summed E-state index contributed by atoms with van der Waals surface area (Å²) in [5.74, 6) is -0.504. The number of hydrogen-bond acceptors (Lipinski definition) is 3. The zero-order chi connectivity index (χ0) is 14.8. The number of halogens is 1. The summed E-state index contributed by atoms with van der Waals surface area (Å²) in [6, 6.07) is 5.48. The van der Waals surface area contributed by atoms with Crippen molar-refractivity contribution < 1.29 is 17.9 Å². The first-order chi connectivity index (χ1) is 9.45. The molecule has 1 aromatic rings. The molecule has 1 aliphatic heterocycles. The maximum atomic E-state index is 13.2. The standard InChI is InChI=1S/C13H19FN2O3S/c1-15(13-6-2-5-12(14)8-13)20(18,19)16-7-3-4-11(9-16)10-17/h2,5-6,8,11,17H,3-4,7,9-10H2,1H3. The van der Waals surface area contributed by atoms with E-state index < -0.39 is 16.0 Å². The topological polar surface area (TPSA) is 60.9 Å². The van der Waals surface area contributed by atoms with Crippen LogP contribution in [-0.2, 0) is 10.2 Å². The molecule has 0 bridgehead atoms. The summed E-state index contributed by atoms with van der Waals surface area (Å²) in [5.41, 5.74) is 0.288. The average Bonchev–Trinajstić information content (AvgIpc) is 2.46. The van der Waals surface area contributed by atoms with E-state index in [4.69, 9.17) is 0 Å². The Morgan fingerprint density at radius 2 is 2.25 bits per heavy atom. The molecule has 0 aromatic heterocycles. The minimum absolute atomic E-state index is 0.0182. The van der Waals surface area contributed by atoms with Gasteiger partial charge in [0.15, 0.2) is 0 Å². The Morgan fingerprint density at radius 3 is 2.90 bits per heavy atom. The first-order valence-corrected chi connectivity index (χ1v) is 7.95. The van der Waals surface area contributed by atoms with E-state index in [9.17, 15) is 17.9 Å². The highest BCUT2D eigenvalue weighted by atomic mass is 32.2. The molecule has 1 heterocycles. The molecule has 0 amide bonds. The lowest BCUT2D eigenvalue weighted by atomic mass is 10.0. The van der Waals surface area contributed by atoms with Crippen molar-refractivity contribution in [3.63, 3.8) is 0 Å². The molecule has 0 radical (unpaired) electrons. The Bertz CT molecular complexity index is 564. The van der Waals surface area contributed by atoms with Gasteiger partial charge in [-0.15, -0.1) is 0 Å². The maximum absolute atomic E-state index is 13.2. The second-order valence-electron chi connectivity index (χ2n) is 5.00. The molecular weight excluding hydrogens is 283 g/mol. The van der Waals surface area contributed by atoms with Crippen molar-refractivity contribution in [3.05, 3.63) is 30.1 Å². The van der Waals surface area contributed by atoms with E-state index in [0.717, 1.165) is 17.1 Å². The van der Waals surface area contributed by atoms with Gasteiger partial charge in [0, 0.05) is 26.7 Å². The average molecular weight is 302 g/mol. The molecule has 2 rings (SSSR count). The van der Waals surface area contributed by atoms with E-state index in [1.165, 1.54) is 29.6 Å². The Kier molecular flexibility index (Phi) is 4.62. The van der Waals surface area contributed by atoms with Gasteiger partial charge in [-0.05, 0) is 37.0 Å². The molecule has 20 heavy (non-hydrogen) atoms. The molecule has 1 N–H and O–H groups in total. The van der Waals surface area contributed by atoms with Gasteiger partial charge in [0.1, 0.15) is 5.82 Å². The summed E-state index contributed by atoms with van der Waals surface area (Å²) < 4.78 is 40.6. The SMILES string of the molecule is CN(c1cccc(F)c1)S(=O)(=O)N1CCCC(CO)C1. The van der Waals surface area contributed by atoms with Crippen LogP contribution in [0.4, 0.5) is 10.1 Å². The van der Waals surface area contributed by atoms with E-state index in [0.29, 0.717) is 13.1 Å². The van der Waals surface area contributed by atoms with E-state index in [1.807, 2.05) is 0 Å². The Balaban J connectivity index is 2.21. The molecule has 1 unspecified atom stereocenters. The quantitative estimate of drug-likeness (QED) is 0.909. The summed E-state index contributed by atoms with van der Waals surface area (Å²) in [5, 5.41) is 9.18. The lowest BCUT2D eigenvalue weighted by Crippen LogP contribution is -2.47. The zero-order valence-electron chi connectivity index (χ0n) is 11.4. The van der Waals surface area contributed by atoms with Crippen LogP contribution in [0, 0.1) is 11.7 Å². The van der Waals surface area contributed by atoms with Crippen molar-refractivity contribution in [1.82, 2.24) is 4.31 Å². The van der Waals surface area contributed by atoms with Crippen LogP contribution in [0.1, 0.15) is 12.8 Å². The fourth-order valence-electron chi connectivity index (χ4n) is 2.36. The van der Waals surface area contributed by atoms with Crippen LogP contribution in [0.3, 0.4) is 0 Å². The molecule has 5 nitrogen and oxygen atoms in total. The van der Waals surface area contributed by atoms with Crippen LogP contribution in [0.25, 0.3) is 0 Å². The van der Waals surface area contributed by atoms with Gasteiger partial charge in [-0.25, -0.2) is 4.39 Å². The number of hydrogen-bond donors (Lipinski definition) is 1. The summed E-state index contributed by atoms with van der Waals surface area (Å²) in [7, 11) is -2.28. The molecule has 112 valence electrons. The van der Waals surface area contributed by atoms with Crippen LogP contribution in [-0.4, -0.2) is 44.6 Å². The number of nitrogens with zero attached hydrogens (tertiary/aromatic N) is 2. The summed E-state index contributed by atoms with van der Waals surface area (Å²) >= 11 is 0. The summed E-state index contributed by atoms with van der Waals surface area (Å²) in [4.78, 5) is 0. The largest absolute Gasteiger partial charge is 0.396 e. The van der Waals surface area contributed by atoms with Crippen LogP contribution < -0.4 is 4.31 Å².